The predicted molar refractivity (Wildman–Crippen MR) is 63.4 cm³/mol. The van der Waals surface area contributed by atoms with Gasteiger partial charge in [0.25, 0.3) is 0 Å². The zero-order valence-electron chi connectivity index (χ0n) is 8.03. The predicted octanol–water partition coefficient (Wildman–Crippen LogP) is 4.06. The maximum absolute atomic E-state index is 12.5. The summed E-state index contributed by atoms with van der Waals surface area (Å²) in [6.07, 6.45) is 1.40. The molecular formula is C9H10Br2F2N2. The van der Waals surface area contributed by atoms with Crippen molar-refractivity contribution < 1.29 is 8.78 Å². The highest BCUT2D eigenvalue weighted by molar-refractivity contribution is 9.11. The fraction of sp³-hybridized carbons (Fsp3) is 0.444. The van der Waals surface area contributed by atoms with Crippen molar-refractivity contribution in [2.45, 2.75) is 19.3 Å². The molecule has 0 radical (unpaired) electrons. The van der Waals surface area contributed by atoms with Crippen LogP contribution in [0.1, 0.15) is 13.3 Å². The molecule has 0 spiro atoms. The number of hydrogen-bond donors (Lipinski definition) is 1. The summed E-state index contributed by atoms with van der Waals surface area (Å²) in [4.78, 5) is 4.05. The molecule has 0 saturated carbocycles. The summed E-state index contributed by atoms with van der Waals surface area (Å²) in [6.45, 7) is 1.09. The largest absolute Gasteiger partial charge is 0.369 e. The molecule has 0 bridgehead atoms. The van der Waals surface area contributed by atoms with Gasteiger partial charge < -0.3 is 5.32 Å². The Morgan fingerprint density at radius 3 is 2.67 bits per heavy atom. The van der Waals surface area contributed by atoms with Crippen molar-refractivity contribution in [1.82, 2.24) is 4.98 Å². The van der Waals surface area contributed by atoms with E-state index in [0.29, 0.717) is 5.82 Å². The van der Waals surface area contributed by atoms with E-state index in [9.17, 15) is 8.78 Å². The molecule has 0 unspecified atom stereocenters. The lowest BCUT2D eigenvalue weighted by Gasteiger charge is -2.11. The summed E-state index contributed by atoms with van der Waals surface area (Å²) in [5.74, 6) is -2.07. The van der Waals surface area contributed by atoms with Crippen LogP contribution in [0.4, 0.5) is 14.6 Å². The third-order valence-corrected chi connectivity index (χ3v) is 2.70. The molecule has 0 atom stereocenters. The lowest BCUT2D eigenvalue weighted by atomic mass is 10.3. The average molecular weight is 344 g/mol. The van der Waals surface area contributed by atoms with E-state index in [-0.39, 0.29) is 13.0 Å². The zero-order valence-corrected chi connectivity index (χ0v) is 11.2. The molecule has 1 N–H and O–H groups in total. The Morgan fingerprint density at radius 2 is 2.13 bits per heavy atom. The Balaban J connectivity index is 2.51. The molecule has 0 saturated heterocycles. The second kappa shape index (κ2) is 5.21. The maximum atomic E-state index is 12.5. The number of anilines is 1. The van der Waals surface area contributed by atoms with Crippen LogP contribution in [0.15, 0.2) is 21.2 Å². The Morgan fingerprint density at radius 1 is 1.47 bits per heavy atom. The van der Waals surface area contributed by atoms with Gasteiger partial charge in [0.2, 0.25) is 5.92 Å². The SMILES string of the molecule is CC(F)(F)CCNc1ncc(Br)cc1Br. The zero-order chi connectivity index (χ0) is 11.5. The molecule has 0 aliphatic heterocycles. The first kappa shape index (κ1) is 12.8. The Bertz CT molecular complexity index is 339. The molecule has 84 valence electrons. The van der Waals surface area contributed by atoms with E-state index < -0.39 is 5.92 Å². The number of nitrogens with zero attached hydrogens (tertiary/aromatic N) is 1. The molecule has 1 aromatic rings. The minimum atomic E-state index is -2.64. The monoisotopic (exact) mass is 342 g/mol. The fourth-order valence-corrected chi connectivity index (χ4v) is 2.07. The Labute approximate surface area is 104 Å². The smallest absolute Gasteiger partial charge is 0.247 e. The van der Waals surface area contributed by atoms with Crippen molar-refractivity contribution in [3.05, 3.63) is 21.2 Å². The number of halogens is 4. The summed E-state index contributed by atoms with van der Waals surface area (Å²) in [5.41, 5.74) is 0. The first-order valence-electron chi connectivity index (χ1n) is 4.31. The molecule has 6 heteroatoms. The van der Waals surface area contributed by atoms with Gasteiger partial charge in [-0.15, -0.1) is 0 Å². The molecule has 1 rings (SSSR count). The highest BCUT2D eigenvalue weighted by Gasteiger charge is 2.20. The molecule has 0 aliphatic rings. The maximum Gasteiger partial charge on any atom is 0.247 e. The van der Waals surface area contributed by atoms with Crippen LogP contribution in [-0.2, 0) is 0 Å². The van der Waals surface area contributed by atoms with Gasteiger partial charge in [-0.3, -0.25) is 0 Å². The van der Waals surface area contributed by atoms with Crippen LogP contribution in [0.2, 0.25) is 0 Å². The molecule has 1 aromatic heterocycles. The van der Waals surface area contributed by atoms with Crippen LogP contribution >= 0.6 is 31.9 Å². The van der Waals surface area contributed by atoms with Crippen molar-refractivity contribution in [3.8, 4) is 0 Å². The van der Waals surface area contributed by atoms with Gasteiger partial charge in [-0.1, -0.05) is 0 Å². The first-order chi connectivity index (χ1) is 6.88. The van der Waals surface area contributed by atoms with Gasteiger partial charge in [-0.05, 0) is 44.8 Å². The normalized spacial score (nSPS) is 11.5. The summed E-state index contributed by atoms with van der Waals surface area (Å²) in [5, 5.41) is 2.84. The van der Waals surface area contributed by atoms with Gasteiger partial charge in [0.1, 0.15) is 5.82 Å². The molecule has 0 fully saturated rings. The van der Waals surface area contributed by atoms with Gasteiger partial charge >= 0.3 is 0 Å². The van der Waals surface area contributed by atoms with Crippen molar-refractivity contribution >= 4 is 37.7 Å². The Hall–Kier alpha value is -0.230. The van der Waals surface area contributed by atoms with E-state index in [4.69, 9.17) is 0 Å². The number of pyridine rings is 1. The van der Waals surface area contributed by atoms with Crippen LogP contribution in [0, 0.1) is 0 Å². The third kappa shape index (κ3) is 4.88. The van der Waals surface area contributed by atoms with E-state index in [1.807, 2.05) is 0 Å². The van der Waals surface area contributed by atoms with Crippen molar-refractivity contribution in [1.29, 1.82) is 0 Å². The lowest BCUT2D eigenvalue weighted by Crippen LogP contribution is -2.16. The van der Waals surface area contributed by atoms with Crippen LogP contribution in [0.25, 0.3) is 0 Å². The standard InChI is InChI=1S/C9H10Br2F2N2/c1-9(12,13)2-3-14-8-7(11)4-6(10)5-15-8/h4-5H,2-3H2,1H3,(H,14,15). The summed E-state index contributed by atoms with van der Waals surface area (Å²) in [7, 11) is 0. The number of nitrogens with one attached hydrogen (secondary N) is 1. The van der Waals surface area contributed by atoms with E-state index in [1.165, 1.54) is 0 Å². The third-order valence-electron chi connectivity index (χ3n) is 1.66. The van der Waals surface area contributed by atoms with Crippen LogP contribution < -0.4 is 5.32 Å². The summed E-state index contributed by atoms with van der Waals surface area (Å²) < 4.78 is 26.6. The average Bonchev–Trinajstić information content (AvgIpc) is 2.07. The van der Waals surface area contributed by atoms with Gasteiger partial charge in [-0.2, -0.15) is 0 Å². The van der Waals surface area contributed by atoms with Crippen LogP contribution in [-0.4, -0.2) is 17.5 Å². The number of aromatic nitrogens is 1. The van der Waals surface area contributed by atoms with E-state index >= 15 is 0 Å². The number of rotatable bonds is 4. The number of alkyl halides is 2. The molecule has 2 nitrogen and oxygen atoms in total. The van der Waals surface area contributed by atoms with E-state index in [0.717, 1.165) is 15.9 Å². The highest BCUT2D eigenvalue weighted by Crippen LogP contribution is 2.24. The van der Waals surface area contributed by atoms with Crippen molar-refractivity contribution in [3.63, 3.8) is 0 Å². The van der Waals surface area contributed by atoms with Gasteiger partial charge in [-0.25, -0.2) is 13.8 Å². The molecular weight excluding hydrogens is 334 g/mol. The summed E-state index contributed by atoms with van der Waals surface area (Å²) >= 11 is 6.54. The topological polar surface area (TPSA) is 24.9 Å². The van der Waals surface area contributed by atoms with Crippen LogP contribution in [0.5, 0.6) is 0 Å². The van der Waals surface area contributed by atoms with Gasteiger partial charge in [0, 0.05) is 23.6 Å². The molecule has 0 amide bonds. The van der Waals surface area contributed by atoms with E-state index in [2.05, 4.69) is 42.2 Å². The quantitative estimate of drug-likeness (QED) is 0.891. The van der Waals surface area contributed by atoms with Gasteiger partial charge in [0.05, 0.1) is 4.47 Å². The minimum Gasteiger partial charge on any atom is -0.369 e. The molecule has 15 heavy (non-hydrogen) atoms. The highest BCUT2D eigenvalue weighted by atomic mass is 79.9. The lowest BCUT2D eigenvalue weighted by molar-refractivity contribution is 0.0166. The van der Waals surface area contributed by atoms with Crippen molar-refractivity contribution in [2.24, 2.45) is 0 Å². The second-order valence-corrected chi connectivity index (χ2v) is 5.00. The van der Waals surface area contributed by atoms with E-state index in [1.54, 1.807) is 12.3 Å². The second-order valence-electron chi connectivity index (χ2n) is 3.23. The fourth-order valence-electron chi connectivity index (χ4n) is 0.945. The Kier molecular flexibility index (Phi) is 4.45. The number of hydrogen-bond acceptors (Lipinski definition) is 2. The summed E-state index contributed by atoms with van der Waals surface area (Å²) in [6, 6.07) is 1.80. The molecule has 1 heterocycles. The molecule has 0 aliphatic carbocycles. The molecule has 0 aromatic carbocycles. The minimum absolute atomic E-state index is 0.191. The van der Waals surface area contributed by atoms with Crippen LogP contribution in [0.3, 0.4) is 0 Å². The van der Waals surface area contributed by atoms with Gasteiger partial charge in [0.15, 0.2) is 0 Å². The van der Waals surface area contributed by atoms with Crippen molar-refractivity contribution in [2.75, 3.05) is 11.9 Å². The first-order valence-corrected chi connectivity index (χ1v) is 5.90.